The molecule has 0 aromatic heterocycles. The van der Waals surface area contributed by atoms with Gasteiger partial charge in [-0.25, -0.2) is 0 Å². The lowest BCUT2D eigenvalue weighted by atomic mass is 9.96. The van der Waals surface area contributed by atoms with Crippen LogP contribution < -0.4 is 5.32 Å². The molecule has 1 amide bonds. The lowest BCUT2D eigenvalue weighted by Crippen LogP contribution is -2.27. The quantitative estimate of drug-likeness (QED) is 0.774. The Morgan fingerprint density at radius 1 is 1.32 bits per heavy atom. The summed E-state index contributed by atoms with van der Waals surface area (Å²) < 4.78 is 0. The van der Waals surface area contributed by atoms with E-state index in [1.54, 1.807) is 0 Å². The van der Waals surface area contributed by atoms with Crippen LogP contribution in [0.2, 0.25) is 0 Å². The van der Waals surface area contributed by atoms with Crippen molar-refractivity contribution >= 4 is 11.9 Å². The molecule has 0 unspecified atom stereocenters. The van der Waals surface area contributed by atoms with Crippen molar-refractivity contribution in [3.63, 3.8) is 0 Å². The molecule has 4 nitrogen and oxygen atoms in total. The molecular formula is C15H21NO3. The van der Waals surface area contributed by atoms with E-state index < -0.39 is 18.3 Å². The Labute approximate surface area is 113 Å². The van der Waals surface area contributed by atoms with Gasteiger partial charge in [0.15, 0.2) is 0 Å². The number of carbonyl (C=O) groups excluding carboxylic acids is 1. The third kappa shape index (κ3) is 5.12. The SMILES string of the molecule is Cc1ccc(C(C)C)cc1CCNC(=O)CC(=O)O. The van der Waals surface area contributed by atoms with Gasteiger partial charge in [0.05, 0.1) is 0 Å². The van der Waals surface area contributed by atoms with Crippen molar-refractivity contribution < 1.29 is 14.7 Å². The maximum absolute atomic E-state index is 11.2. The molecular weight excluding hydrogens is 242 g/mol. The zero-order valence-electron chi connectivity index (χ0n) is 11.7. The van der Waals surface area contributed by atoms with E-state index in [0.717, 1.165) is 6.42 Å². The Balaban J connectivity index is 2.55. The molecule has 2 N–H and O–H groups in total. The summed E-state index contributed by atoms with van der Waals surface area (Å²) in [5.41, 5.74) is 3.66. The number of rotatable bonds is 6. The summed E-state index contributed by atoms with van der Waals surface area (Å²) in [4.78, 5) is 21.6. The number of carboxylic acid groups (broad SMARTS) is 1. The van der Waals surface area contributed by atoms with Crippen molar-refractivity contribution in [3.8, 4) is 0 Å². The minimum atomic E-state index is -1.10. The van der Waals surface area contributed by atoms with Crippen LogP contribution in [-0.2, 0) is 16.0 Å². The van der Waals surface area contributed by atoms with E-state index in [2.05, 4.69) is 37.4 Å². The standard InChI is InChI=1S/C15H21NO3/c1-10(2)12-5-4-11(3)13(8-12)6-7-16-14(17)9-15(18)19/h4-5,8,10H,6-7,9H2,1-3H3,(H,16,17)(H,18,19). The van der Waals surface area contributed by atoms with Crippen LogP contribution in [0, 0.1) is 6.92 Å². The molecule has 19 heavy (non-hydrogen) atoms. The first-order chi connectivity index (χ1) is 8.90. The van der Waals surface area contributed by atoms with Crippen LogP contribution >= 0.6 is 0 Å². The van der Waals surface area contributed by atoms with E-state index in [1.807, 2.05) is 6.92 Å². The number of carbonyl (C=O) groups is 2. The summed E-state index contributed by atoms with van der Waals surface area (Å²) in [5, 5.41) is 11.1. The number of aliphatic carboxylic acids is 1. The molecule has 0 bridgehead atoms. The van der Waals surface area contributed by atoms with Gasteiger partial charge in [0.25, 0.3) is 0 Å². The second kappa shape index (κ2) is 6.92. The molecule has 0 aliphatic carbocycles. The first-order valence-electron chi connectivity index (χ1n) is 6.48. The summed E-state index contributed by atoms with van der Waals surface area (Å²) >= 11 is 0. The highest BCUT2D eigenvalue weighted by Gasteiger charge is 2.07. The molecule has 104 valence electrons. The monoisotopic (exact) mass is 263 g/mol. The van der Waals surface area contributed by atoms with Crippen LogP contribution in [0.4, 0.5) is 0 Å². The maximum atomic E-state index is 11.2. The van der Waals surface area contributed by atoms with E-state index in [9.17, 15) is 9.59 Å². The van der Waals surface area contributed by atoms with Crippen LogP contribution in [0.1, 0.15) is 42.9 Å². The summed E-state index contributed by atoms with van der Waals surface area (Å²) in [6.45, 7) is 6.79. The fraction of sp³-hybridized carbons (Fsp3) is 0.467. The number of amides is 1. The molecule has 1 aromatic rings. The Morgan fingerprint density at radius 2 is 2.00 bits per heavy atom. The molecule has 0 heterocycles. The number of carboxylic acids is 1. The highest BCUT2D eigenvalue weighted by molar-refractivity contribution is 5.93. The van der Waals surface area contributed by atoms with Crippen LogP contribution in [0.3, 0.4) is 0 Å². The Morgan fingerprint density at radius 3 is 2.58 bits per heavy atom. The Kier molecular flexibility index (Phi) is 5.55. The zero-order chi connectivity index (χ0) is 14.4. The molecule has 0 radical (unpaired) electrons. The van der Waals surface area contributed by atoms with E-state index in [4.69, 9.17) is 5.11 Å². The van der Waals surface area contributed by atoms with Crippen molar-refractivity contribution in [3.05, 3.63) is 34.9 Å². The van der Waals surface area contributed by atoms with Gasteiger partial charge in [0.1, 0.15) is 6.42 Å². The third-order valence-corrected chi connectivity index (χ3v) is 3.07. The highest BCUT2D eigenvalue weighted by Crippen LogP contribution is 2.18. The summed E-state index contributed by atoms with van der Waals surface area (Å²) in [6.07, 6.45) is 0.253. The number of benzene rings is 1. The lowest BCUT2D eigenvalue weighted by Gasteiger charge is -2.11. The summed E-state index contributed by atoms with van der Waals surface area (Å²) in [6, 6.07) is 6.36. The van der Waals surface area contributed by atoms with Gasteiger partial charge in [0.2, 0.25) is 5.91 Å². The molecule has 0 atom stereocenters. The van der Waals surface area contributed by atoms with E-state index in [-0.39, 0.29) is 0 Å². The molecule has 0 aliphatic heterocycles. The Hall–Kier alpha value is -1.84. The molecule has 0 aliphatic rings. The largest absolute Gasteiger partial charge is 0.481 e. The number of hydrogen-bond donors (Lipinski definition) is 2. The van der Waals surface area contributed by atoms with Gasteiger partial charge in [0, 0.05) is 6.54 Å². The van der Waals surface area contributed by atoms with Crippen molar-refractivity contribution in [1.82, 2.24) is 5.32 Å². The fourth-order valence-corrected chi connectivity index (χ4v) is 1.86. The zero-order valence-corrected chi connectivity index (χ0v) is 11.7. The van der Waals surface area contributed by atoms with E-state index in [0.29, 0.717) is 12.5 Å². The van der Waals surface area contributed by atoms with E-state index in [1.165, 1.54) is 16.7 Å². The van der Waals surface area contributed by atoms with Gasteiger partial charge < -0.3 is 10.4 Å². The van der Waals surface area contributed by atoms with Crippen molar-refractivity contribution in [2.75, 3.05) is 6.54 Å². The first-order valence-corrected chi connectivity index (χ1v) is 6.48. The van der Waals surface area contributed by atoms with Gasteiger partial charge in [-0.2, -0.15) is 0 Å². The molecule has 0 spiro atoms. The van der Waals surface area contributed by atoms with Crippen LogP contribution in [0.15, 0.2) is 18.2 Å². The average molecular weight is 263 g/mol. The van der Waals surface area contributed by atoms with Gasteiger partial charge in [-0.3, -0.25) is 9.59 Å². The van der Waals surface area contributed by atoms with Crippen LogP contribution in [0.25, 0.3) is 0 Å². The predicted octanol–water partition coefficient (Wildman–Crippen LogP) is 2.25. The molecule has 1 aromatic carbocycles. The van der Waals surface area contributed by atoms with Crippen molar-refractivity contribution in [2.24, 2.45) is 0 Å². The van der Waals surface area contributed by atoms with Crippen molar-refractivity contribution in [1.29, 1.82) is 0 Å². The second-order valence-corrected chi connectivity index (χ2v) is 5.01. The highest BCUT2D eigenvalue weighted by atomic mass is 16.4. The van der Waals surface area contributed by atoms with Gasteiger partial charge in [-0.15, -0.1) is 0 Å². The van der Waals surface area contributed by atoms with Gasteiger partial charge in [-0.1, -0.05) is 32.0 Å². The predicted molar refractivity (Wildman–Crippen MR) is 74.2 cm³/mol. The van der Waals surface area contributed by atoms with Crippen molar-refractivity contribution in [2.45, 2.75) is 39.5 Å². The van der Waals surface area contributed by atoms with Crippen LogP contribution in [0.5, 0.6) is 0 Å². The number of nitrogens with one attached hydrogen (secondary N) is 1. The molecule has 0 saturated carbocycles. The topological polar surface area (TPSA) is 66.4 Å². The Bertz CT molecular complexity index is 466. The number of hydrogen-bond acceptors (Lipinski definition) is 2. The molecule has 4 heteroatoms. The smallest absolute Gasteiger partial charge is 0.312 e. The maximum Gasteiger partial charge on any atom is 0.312 e. The lowest BCUT2D eigenvalue weighted by molar-refractivity contribution is -0.140. The molecule has 1 rings (SSSR count). The molecule has 0 fully saturated rings. The number of aryl methyl sites for hydroxylation is 1. The van der Waals surface area contributed by atoms with E-state index >= 15 is 0 Å². The van der Waals surface area contributed by atoms with Gasteiger partial charge in [-0.05, 0) is 36.0 Å². The second-order valence-electron chi connectivity index (χ2n) is 5.01. The minimum Gasteiger partial charge on any atom is -0.481 e. The first kappa shape index (κ1) is 15.2. The van der Waals surface area contributed by atoms with Gasteiger partial charge >= 0.3 is 5.97 Å². The fourth-order valence-electron chi connectivity index (χ4n) is 1.86. The summed E-state index contributed by atoms with van der Waals surface area (Å²) in [5.74, 6) is -1.07. The third-order valence-electron chi connectivity index (χ3n) is 3.07. The average Bonchev–Trinajstić information content (AvgIpc) is 2.30. The molecule has 0 saturated heterocycles. The normalized spacial score (nSPS) is 10.5. The summed E-state index contributed by atoms with van der Waals surface area (Å²) in [7, 11) is 0. The van der Waals surface area contributed by atoms with Crippen LogP contribution in [-0.4, -0.2) is 23.5 Å². The minimum absolute atomic E-state index is 0.440.